The van der Waals surface area contributed by atoms with Gasteiger partial charge in [0.25, 0.3) is 0 Å². The lowest BCUT2D eigenvalue weighted by molar-refractivity contribution is -0.130. The van der Waals surface area contributed by atoms with E-state index in [9.17, 15) is 13.2 Å². The molecule has 1 aliphatic rings. The average molecular weight is 390 g/mol. The minimum absolute atomic E-state index is 0.0133. The van der Waals surface area contributed by atoms with E-state index in [1.165, 1.54) is 12.1 Å². The summed E-state index contributed by atoms with van der Waals surface area (Å²) >= 11 is 3.25. The van der Waals surface area contributed by atoms with Crippen LogP contribution in [0.25, 0.3) is 0 Å². The van der Waals surface area contributed by atoms with E-state index in [4.69, 9.17) is 0 Å². The van der Waals surface area contributed by atoms with Gasteiger partial charge in [0.05, 0.1) is 4.90 Å². The molecule has 6 nitrogen and oxygen atoms in total. The normalized spacial score (nSPS) is 16.3. The lowest BCUT2D eigenvalue weighted by atomic mass is 10.3. The Labute approximate surface area is 139 Å². The highest BCUT2D eigenvalue weighted by Gasteiger charge is 2.17. The van der Waals surface area contributed by atoms with Gasteiger partial charge in [0.15, 0.2) is 0 Å². The van der Waals surface area contributed by atoms with E-state index in [0.717, 1.165) is 26.1 Å². The van der Waals surface area contributed by atoms with Gasteiger partial charge in [-0.25, -0.2) is 13.1 Å². The summed E-state index contributed by atoms with van der Waals surface area (Å²) in [5.74, 6) is -0.0133. The highest BCUT2D eigenvalue weighted by Crippen LogP contribution is 2.15. The molecule has 0 unspecified atom stereocenters. The smallest absolute Gasteiger partial charge is 0.240 e. The summed E-state index contributed by atoms with van der Waals surface area (Å²) in [4.78, 5) is 14.1. The van der Waals surface area contributed by atoms with Gasteiger partial charge in [-0.3, -0.25) is 4.79 Å². The maximum Gasteiger partial charge on any atom is 0.240 e. The Morgan fingerprint density at radius 1 is 1.32 bits per heavy atom. The number of sulfonamides is 1. The van der Waals surface area contributed by atoms with E-state index in [2.05, 4.69) is 26.0 Å². The van der Waals surface area contributed by atoms with Crippen molar-refractivity contribution >= 4 is 31.9 Å². The molecule has 0 spiro atoms. The zero-order valence-electron chi connectivity index (χ0n) is 12.2. The summed E-state index contributed by atoms with van der Waals surface area (Å²) < 4.78 is 27.4. The van der Waals surface area contributed by atoms with Crippen LogP contribution < -0.4 is 10.0 Å². The van der Waals surface area contributed by atoms with Crippen molar-refractivity contribution in [3.8, 4) is 0 Å². The van der Waals surface area contributed by atoms with Crippen LogP contribution in [0.4, 0.5) is 0 Å². The largest absolute Gasteiger partial charge is 0.341 e. The fraction of sp³-hybridized carbons (Fsp3) is 0.500. The molecule has 0 aromatic heterocycles. The Balaban J connectivity index is 1.85. The van der Waals surface area contributed by atoms with Gasteiger partial charge in [0.2, 0.25) is 15.9 Å². The van der Waals surface area contributed by atoms with Crippen LogP contribution >= 0.6 is 15.9 Å². The molecule has 2 N–H and O–H groups in total. The first kappa shape index (κ1) is 17.4. The third kappa shape index (κ3) is 5.05. The Morgan fingerprint density at radius 3 is 2.91 bits per heavy atom. The second kappa shape index (κ2) is 8.05. The molecule has 2 rings (SSSR count). The number of hydrogen-bond donors (Lipinski definition) is 2. The molecule has 0 bridgehead atoms. The quantitative estimate of drug-likeness (QED) is 0.785. The molecule has 122 valence electrons. The lowest BCUT2D eigenvalue weighted by Crippen LogP contribution is -2.36. The predicted molar refractivity (Wildman–Crippen MR) is 88.0 cm³/mol. The van der Waals surface area contributed by atoms with Crippen molar-refractivity contribution in [1.29, 1.82) is 0 Å². The molecule has 1 aromatic rings. The first-order chi connectivity index (χ1) is 10.5. The second-order valence-corrected chi connectivity index (χ2v) is 7.77. The predicted octanol–water partition coefficient (Wildman–Crippen LogP) is 0.939. The Kier molecular flexibility index (Phi) is 6.37. The van der Waals surface area contributed by atoms with Gasteiger partial charge in [0, 0.05) is 37.1 Å². The van der Waals surface area contributed by atoms with Crippen LogP contribution in [0.2, 0.25) is 0 Å². The van der Waals surface area contributed by atoms with Gasteiger partial charge in [-0.2, -0.15) is 0 Å². The van der Waals surface area contributed by atoms with E-state index in [-0.39, 0.29) is 23.8 Å². The number of benzene rings is 1. The lowest BCUT2D eigenvalue weighted by Gasteiger charge is -2.20. The molecular formula is C14H20BrN3O3S. The molecule has 1 heterocycles. The molecule has 1 aliphatic heterocycles. The molecule has 8 heteroatoms. The first-order valence-electron chi connectivity index (χ1n) is 7.23. The van der Waals surface area contributed by atoms with Crippen LogP contribution in [0.3, 0.4) is 0 Å². The van der Waals surface area contributed by atoms with E-state index < -0.39 is 10.0 Å². The maximum atomic E-state index is 12.1. The average Bonchev–Trinajstić information content (AvgIpc) is 2.76. The van der Waals surface area contributed by atoms with Crippen molar-refractivity contribution in [2.24, 2.45) is 0 Å². The topological polar surface area (TPSA) is 78.5 Å². The summed E-state index contributed by atoms with van der Waals surface area (Å²) in [7, 11) is -3.58. The van der Waals surface area contributed by atoms with Gasteiger partial charge in [0.1, 0.15) is 0 Å². The molecule has 1 fully saturated rings. The van der Waals surface area contributed by atoms with Crippen molar-refractivity contribution in [3.05, 3.63) is 28.7 Å². The van der Waals surface area contributed by atoms with E-state index in [1.54, 1.807) is 17.0 Å². The van der Waals surface area contributed by atoms with Crippen LogP contribution in [0, 0.1) is 0 Å². The second-order valence-electron chi connectivity index (χ2n) is 5.09. The van der Waals surface area contributed by atoms with Crippen molar-refractivity contribution < 1.29 is 13.2 Å². The van der Waals surface area contributed by atoms with Crippen molar-refractivity contribution in [2.45, 2.75) is 17.7 Å². The van der Waals surface area contributed by atoms with Gasteiger partial charge >= 0.3 is 0 Å². The summed E-state index contributed by atoms with van der Waals surface area (Å²) in [5.41, 5.74) is 0. The third-order valence-corrected chi connectivity index (χ3v) is 5.38. The minimum Gasteiger partial charge on any atom is -0.341 e. The monoisotopic (exact) mass is 389 g/mol. The Morgan fingerprint density at radius 2 is 2.14 bits per heavy atom. The van der Waals surface area contributed by atoms with E-state index >= 15 is 0 Å². The van der Waals surface area contributed by atoms with Crippen LogP contribution in [0.5, 0.6) is 0 Å². The fourth-order valence-corrected chi connectivity index (χ4v) is 3.89. The molecule has 1 aromatic carbocycles. The number of hydrogen-bond acceptors (Lipinski definition) is 4. The highest BCUT2D eigenvalue weighted by molar-refractivity contribution is 9.10. The number of carbonyl (C=O) groups is 1. The number of amides is 1. The summed E-state index contributed by atoms with van der Waals surface area (Å²) in [6.07, 6.45) is 1.10. The van der Waals surface area contributed by atoms with E-state index in [1.807, 2.05) is 0 Å². The van der Waals surface area contributed by atoms with Crippen LogP contribution in [0.1, 0.15) is 12.8 Å². The molecule has 22 heavy (non-hydrogen) atoms. The summed E-state index contributed by atoms with van der Waals surface area (Å²) in [6.45, 7) is 3.22. The molecule has 0 aliphatic carbocycles. The zero-order chi connectivity index (χ0) is 16.0. The molecular weight excluding hydrogens is 370 g/mol. The van der Waals surface area contributed by atoms with Gasteiger partial charge < -0.3 is 10.2 Å². The van der Waals surface area contributed by atoms with Crippen LogP contribution in [0.15, 0.2) is 33.6 Å². The van der Waals surface area contributed by atoms with Gasteiger partial charge in [-0.15, -0.1) is 0 Å². The van der Waals surface area contributed by atoms with Crippen molar-refractivity contribution in [1.82, 2.24) is 14.9 Å². The molecule has 0 radical (unpaired) electrons. The summed E-state index contributed by atoms with van der Waals surface area (Å²) in [5, 5.41) is 3.23. The maximum absolute atomic E-state index is 12.1. The number of nitrogens with zero attached hydrogens (tertiary/aromatic N) is 1. The number of rotatable bonds is 5. The molecule has 0 atom stereocenters. The number of nitrogens with one attached hydrogen (secondary N) is 2. The van der Waals surface area contributed by atoms with Gasteiger partial charge in [-0.1, -0.05) is 22.0 Å². The number of carbonyl (C=O) groups excluding carboxylic acids is 1. The van der Waals surface area contributed by atoms with Crippen LogP contribution in [-0.4, -0.2) is 51.9 Å². The SMILES string of the molecule is O=C(CCNS(=O)(=O)c1cccc(Br)c1)N1CCCNCC1. The molecule has 0 saturated carbocycles. The number of halogens is 1. The van der Waals surface area contributed by atoms with E-state index in [0.29, 0.717) is 11.0 Å². The summed E-state index contributed by atoms with van der Waals surface area (Å²) in [6, 6.07) is 6.48. The van der Waals surface area contributed by atoms with Crippen LogP contribution in [-0.2, 0) is 14.8 Å². The third-order valence-electron chi connectivity index (χ3n) is 3.43. The molecule has 1 amide bonds. The standard InChI is InChI=1S/C14H20BrN3O3S/c15-12-3-1-4-13(11-12)22(20,21)17-7-5-14(19)18-9-2-6-16-8-10-18/h1,3-4,11,16-17H,2,5-10H2. The minimum atomic E-state index is -3.58. The highest BCUT2D eigenvalue weighted by atomic mass is 79.9. The first-order valence-corrected chi connectivity index (χ1v) is 9.50. The van der Waals surface area contributed by atoms with Crippen molar-refractivity contribution in [2.75, 3.05) is 32.7 Å². The Hall–Kier alpha value is -0.960. The fourth-order valence-electron chi connectivity index (χ4n) is 2.26. The van der Waals surface area contributed by atoms with Crippen molar-refractivity contribution in [3.63, 3.8) is 0 Å². The van der Waals surface area contributed by atoms with Gasteiger partial charge in [-0.05, 0) is 31.2 Å². The zero-order valence-corrected chi connectivity index (χ0v) is 14.6. The molecule has 1 saturated heterocycles. The Bertz CT molecular complexity index is 614.